The summed E-state index contributed by atoms with van der Waals surface area (Å²) < 4.78 is 61.2. The molecule has 30 heavy (non-hydrogen) atoms. The number of nitrogens with zero attached hydrogens (tertiary/aromatic N) is 1. The number of carbonyl (C=O) groups is 1. The lowest BCUT2D eigenvalue weighted by molar-refractivity contribution is -0.127. The molecule has 0 unspecified atom stereocenters. The molecule has 1 aromatic rings. The number of amides is 1. The van der Waals surface area contributed by atoms with Gasteiger partial charge in [0.15, 0.2) is 21.3 Å². The molecule has 2 heterocycles. The van der Waals surface area contributed by atoms with Crippen LogP contribution in [0.4, 0.5) is 0 Å². The van der Waals surface area contributed by atoms with Gasteiger partial charge in [-0.15, -0.1) is 0 Å². The molecule has 0 aliphatic carbocycles. The van der Waals surface area contributed by atoms with Gasteiger partial charge >= 0.3 is 0 Å². The van der Waals surface area contributed by atoms with Crippen LogP contribution >= 0.6 is 0 Å². The standard InChI is InChI=1S/C19H28N2O7S2/c1-19(8-11-29(23,24)13-19)20-18(22)14-6-9-21(10-7-14)30(25,26)15-4-5-16(27-2)17(12-15)28-3/h4-5,12,14H,6-11,13H2,1-3H3,(H,20,22)/t19-/m1/s1. The molecule has 11 heteroatoms. The SMILES string of the molecule is COc1ccc(S(=O)(=O)N2CCC(C(=O)N[C@]3(C)CCS(=O)(=O)C3)CC2)cc1OC. The highest BCUT2D eigenvalue weighted by molar-refractivity contribution is 7.91. The molecule has 0 radical (unpaired) electrons. The maximum absolute atomic E-state index is 13.0. The Morgan fingerprint density at radius 1 is 1.17 bits per heavy atom. The van der Waals surface area contributed by atoms with Crippen molar-refractivity contribution in [3.05, 3.63) is 18.2 Å². The number of sulfonamides is 1. The fourth-order valence-corrected chi connectivity index (χ4v) is 7.57. The number of piperidine rings is 1. The van der Waals surface area contributed by atoms with E-state index in [2.05, 4.69) is 5.32 Å². The van der Waals surface area contributed by atoms with Gasteiger partial charge in [-0.05, 0) is 38.3 Å². The molecule has 1 atom stereocenters. The fourth-order valence-electron chi connectivity index (χ4n) is 3.99. The highest BCUT2D eigenvalue weighted by Gasteiger charge is 2.41. The number of methoxy groups -OCH3 is 2. The Balaban J connectivity index is 1.64. The quantitative estimate of drug-likeness (QED) is 0.667. The van der Waals surface area contributed by atoms with Crippen LogP contribution in [0.15, 0.2) is 23.1 Å². The predicted molar refractivity (Wildman–Crippen MR) is 111 cm³/mol. The minimum Gasteiger partial charge on any atom is -0.493 e. The summed E-state index contributed by atoms with van der Waals surface area (Å²) in [5.74, 6) is 0.228. The van der Waals surface area contributed by atoms with Gasteiger partial charge in [-0.2, -0.15) is 4.31 Å². The van der Waals surface area contributed by atoms with Gasteiger partial charge in [-0.1, -0.05) is 0 Å². The van der Waals surface area contributed by atoms with Crippen LogP contribution in [0.25, 0.3) is 0 Å². The zero-order valence-corrected chi connectivity index (χ0v) is 19.0. The third-order valence-electron chi connectivity index (χ3n) is 5.75. The van der Waals surface area contributed by atoms with E-state index in [1.807, 2.05) is 0 Å². The summed E-state index contributed by atoms with van der Waals surface area (Å²) in [4.78, 5) is 12.7. The summed E-state index contributed by atoms with van der Waals surface area (Å²) in [6.07, 6.45) is 1.15. The number of benzene rings is 1. The summed E-state index contributed by atoms with van der Waals surface area (Å²) in [6.45, 7) is 2.17. The molecule has 2 fully saturated rings. The van der Waals surface area contributed by atoms with Crippen molar-refractivity contribution < 1.29 is 31.1 Å². The first-order valence-electron chi connectivity index (χ1n) is 9.74. The van der Waals surface area contributed by atoms with Crippen LogP contribution in [0.2, 0.25) is 0 Å². The second-order valence-corrected chi connectivity index (χ2v) is 12.2. The lowest BCUT2D eigenvalue weighted by atomic mass is 9.94. The molecule has 3 rings (SSSR count). The largest absolute Gasteiger partial charge is 0.493 e. The van der Waals surface area contributed by atoms with Gasteiger partial charge in [0, 0.05) is 25.1 Å². The second kappa shape index (κ2) is 8.35. The average Bonchev–Trinajstić information content (AvgIpc) is 2.99. The highest BCUT2D eigenvalue weighted by atomic mass is 32.2. The third kappa shape index (κ3) is 4.73. The van der Waals surface area contributed by atoms with Gasteiger partial charge < -0.3 is 14.8 Å². The monoisotopic (exact) mass is 460 g/mol. The normalized spacial score (nSPS) is 25.0. The summed E-state index contributed by atoms with van der Waals surface area (Å²) in [5.41, 5.74) is -0.751. The zero-order valence-electron chi connectivity index (χ0n) is 17.4. The van der Waals surface area contributed by atoms with Crippen LogP contribution in [0.5, 0.6) is 11.5 Å². The number of hydrogen-bond acceptors (Lipinski definition) is 7. The van der Waals surface area contributed by atoms with Crippen molar-refractivity contribution in [2.45, 2.75) is 36.6 Å². The van der Waals surface area contributed by atoms with Crippen LogP contribution in [-0.2, 0) is 24.7 Å². The van der Waals surface area contributed by atoms with E-state index in [4.69, 9.17) is 9.47 Å². The first-order valence-corrected chi connectivity index (χ1v) is 13.0. The molecule has 0 aromatic heterocycles. The number of hydrogen-bond donors (Lipinski definition) is 1. The van der Waals surface area contributed by atoms with Crippen LogP contribution in [0.1, 0.15) is 26.2 Å². The molecule has 0 saturated carbocycles. The number of carbonyl (C=O) groups excluding carboxylic acids is 1. The molecule has 1 N–H and O–H groups in total. The summed E-state index contributed by atoms with van der Waals surface area (Å²) in [7, 11) is -3.94. The third-order valence-corrected chi connectivity index (χ3v) is 9.54. The summed E-state index contributed by atoms with van der Waals surface area (Å²) in [5, 5.41) is 2.88. The van der Waals surface area contributed by atoms with Gasteiger partial charge in [0.1, 0.15) is 0 Å². The van der Waals surface area contributed by atoms with E-state index >= 15 is 0 Å². The van der Waals surface area contributed by atoms with Crippen molar-refractivity contribution in [1.82, 2.24) is 9.62 Å². The maximum atomic E-state index is 13.0. The van der Waals surface area contributed by atoms with E-state index in [1.165, 1.54) is 30.7 Å². The predicted octanol–water partition coefficient (Wildman–Crippen LogP) is 0.798. The van der Waals surface area contributed by atoms with Crippen molar-refractivity contribution in [2.75, 3.05) is 38.8 Å². The number of rotatable bonds is 6. The number of sulfone groups is 1. The average molecular weight is 461 g/mol. The Labute approximate surface area is 177 Å². The van der Waals surface area contributed by atoms with E-state index in [9.17, 15) is 21.6 Å². The fraction of sp³-hybridized carbons (Fsp3) is 0.632. The van der Waals surface area contributed by atoms with Gasteiger partial charge in [0.2, 0.25) is 15.9 Å². The van der Waals surface area contributed by atoms with E-state index in [1.54, 1.807) is 13.0 Å². The maximum Gasteiger partial charge on any atom is 0.243 e. The Bertz CT molecular complexity index is 1020. The summed E-state index contributed by atoms with van der Waals surface area (Å²) >= 11 is 0. The van der Waals surface area contributed by atoms with E-state index in [0.717, 1.165) is 0 Å². The topological polar surface area (TPSA) is 119 Å². The second-order valence-electron chi connectivity index (χ2n) is 8.09. The molecule has 2 saturated heterocycles. The van der Waals surface area contributed by atoms with E-state index < -0.39 is 25.4 Å². The lowest BCUT2D eigenvalue weighted by Crippen LogP contribution is -2.51. The van der Waals surface area contributed by atoms with Crippen molar-refractivity contribution in [3.8, 4) is 11.5 Å². The molecular weight excluding hydrogens is 432 g/mol. The van der Waals surface area contributed by atoms with Gasteiger partial charge in [0.25, 0.3) is 0 Å². The van der Waals surface area contributed by atoms with E-state index in [0.29, 0.717) is 30.8 Å². The highest BCUT2D eigenvalue weighted by Crippen LogP contribution is 2.32. The number of nitrogens with one attached hydrogen (secondary N) is 1. The van der Waals surface area contributed by atoms with Gasteiger partial charge in [0.05, 0.1) is 36.2 Å². The first-order chi connectivity index (χ1) is 14.0. The Morgan fingerprint density at radius 3 is 2.33 bits per heavy atom. The van der Waals surface area contributed by atoms with Crippen molar-refractivity contribution in [3.63, 3.8) is 0 Å². The lowest BCUT2D eigenvalue weighted by Gasteiger charge is -2.33. The van der Waals surface area contributed by atoms with Crippen molar-refractivity contribution >= 4 is 25.8 Å². The van der Waals surface area contributed by atoms with E-state index in [-0.39, 0.29) is 41.3 Å². The van der Waals surface area contributed by atoms with Crippen LogP contribution < -0.4 is 14.8 Å². The molecular formula is C19H28N2O7S2. The molecule has 0 spiro atoms. The zero-order chi connectivity index (χ0) is 22.2. The minimum atomic E-state index is -3.73. The van der Waals surface area contributed by atoms with Crippen molar-refractivity contribution in [1.29, 1.82) is 0 Å². The molecule has 2 aliphatic heterocycles. The van der Waals surface area contributed by atoms with Crippen LogP contribution in [0.3, 0.4) is 0 Å². The molecule has 168 valence electrons. The Morgan fingerprint density at radius 2 is 1.80 bits per heavy atom. The molecule has 1 aromatic carbocycles. The van der Waals surface area contributed by atoms with Gasteiger partial charge in [-0.3, -0.25) is 4.79 Å². The summed E-state index contributed by atoms with van der Waals surface area (Å²) in [6, 6.07) is 4.44. The Kier molecular flexibility index (Phi) is 6.35. The first kappa shape index (κ1) is 22.8. The molecule has 1 amide bonds. The molecule has 9 nitrogen and oxygen atoms in total. The molecule has 0 bridgehead atoms. The van der Waals surface area contributed by atoms with Gasteiger partial charge in [-0.25, -0.2) is 16.8 Å². The van der Waals surface area contributed by atoms with Crippen LogP contribution in [0, 0.1) is 5.92 Å². The number of ether oxygens (including phenoxy) is 2. The smallest absolute Gasteiger partial charge is 0.243 e. The van der Waals surface area contributed by atoms with Crippen molar-refractivity contribution in [2.24, 2.45) is 5.92 Å². The minimum absolute atomic E-state index is 0.0573. The van der Waals surface area contributed by atoms with Crippen LogP contribution in [-0.4, -0.2) is 71.4 Å². The Hall–Kier alpha value is -1.85. The molecule has 2 aliphatic rings.